The van der Waals surface area contributed by atoms with Crippen molar-refractivity contribution < 1.29 is 9.21 Å². The minimum Gasteiger partial charge on any atom is -0.459 e. The Kier molecular flexibility index (Phi) is 8.18. The van der Waals surface area contributed by atoms with Gasteiger partial charge in [-0.1, -0.05) is 25.0 Å². The van der Waals surface area contributed by atoms with Crippen LogP contribution in [0.1, 0.15) is 48.7 Å². The van der Waals surface area contributed by atoms with Crippen LogP contribution < -0.4 is 10.6 Å². The highest BCUT2D eigenvalue weighted by molar-refractivity contribution is 14.0. The second-order valence-electron chi connectivity index (χ2n) is 8.01. The number of hydrogen-bond donors (Lipinski definition) is 2. The molecule has 7 heteroatoms. The number of carbonyl (C=O) groups excluding carboxylic acids is 1. The summed E-state index contributed by atoms with van der Waals surface area (Å²) in [6.45, 7) is 5.80. The monoisotopic (exact) mass is 522 g/mol. The van der Waals surface area contributed by atoms with Gasteiger partial charge in [-0.25, -0.2) is 4.99 Å². The van der Waals surface area contributed by atoms with Gasteiger partial charge in [0, 0.05) is 25.3 Å². The molecule has 0 radical (unpaired) electrons. The van der Waals surface area contributed by atoms with Gasteiger partial charge in [-0.2, -0.15) is 0 Å². The number of benzene rings is 1. The Balaban J connectivity index is 0.00000256. The Hall–Kier alpha value is -2.03. The van der Waals surface area contributed by atoms with E-state index in [4.69, 9.17) is 9.41 Å². The summed E-state index contributed by atoms with van der Waals surface area (Å²) in [6, 6.07) is 11.2. The molecule has 2 heterocycles. The van der Waals surface area contributed by atoms with Crippen molar-refractivity contribution in [1.29, 1.82) is 0 Å². The number of nitrogens with zero attached hydrogens (tertiary/aromatic N) is 2. The number of fused-ring (bicyclic) bond motifs is 1. The lowest BCUT2D eigenvalue weighted by molar-refractivity contribution is 0.0996. The van der Waals surface area contributed by atoms with Crippen LogP contribution in [0.5, 0.6) is 0 Å². The molecule has 0 spiro atoms. The van der Waals surface area contributed by atoms with E-state index in [0.29, 0.717) is 12.3 Å². The van der Waals surface area contributed by atoms with Crippen LogP contribution in [0.2, 0.25) is 0 Å². The molecule has 4 rings (SSSR count). The maximum atomic E-state index is 12.2. The largest absolute Gasteiger partial charge is 0.459 e. The van der Waals surface area contributed by atoms with Crippen molar-refractivity contribution in [3.8, 4) is 0 Å². The molecule has 1 saturated carbocycles. The summed E-state index contributed by atoms with van der Waals surface area (Å²) >= 11 is 0. The Morgan fingerprint density at radius 2 is 1.93 bits per heavy atom. The predicted molar refractivity (Wildman–Crippen MR) is 130 cm³/mol. The van der Waals surface area contributed by atoms with Crippen LogP contribution >= 0.6 is 24.0 Å². The number of aliphatic imine (C=N–C) groups is 1. The van der Waals surface area contributed by atoms with Crippen molar-refractivity contribution in [3.05, 3.63) is 54.0 Å². The van der Waals surface area contributed by atoms with Gasteiger partial charge in [-0.15, -0.1) is 24.0 Å². The third kappa shape index (κ3) is 5.56. The normalized spacial score (nSPS) is 21.0. The molecule has 1 amide bonds. The number of amides is 1. The van der Waals surface area contributed by atoms with E-state index in [9.17, 15) is 4.79 Å². The van der Waals surface area contributed by atoms with Crippen molar-refractivity contribution in [2.75, 3.05) is 25.0 Å². The Morgan fingerprint density at radius 3 is 2.60 bits per heavy atom. The molecule has 1 saturated heterocycles. The summed E-state index contributed by atoms with van der Waals surface area (Å²) in [5.74, 6) is 2.72. The summed E-state index contributed by atoms with van der Waals surface area (Å²) in [7, 11) is 0. The molecule has 2 unspecified atom stereocenters. The molecule has 30 heavy (non-hydrogen) atoms. The van der Waals surface area contributed by atoms with E-state index in [1.54, 1.807) is 12.1 Å². The second kappa shape index (κ2) is 10.8. The predicted octanol–water partition coefficient (Wildman–Crippen LogP) is 4.74. The van der Waals surface area contributed by atoms with Crippen molar-refractivity contribution in [2.24, 2.45) is 16.8 Å². The third-order valence-electron chi connectivity index (χ3n) is 5.95. The maximum Gasteiger partial charge on any atom is 0.291 e. The van der Waals surface area contributed by atoms with Crippen LogP contribution in [0.15, 0.2) is 52.1 Å². The van der Waals surface area contributed by atoms with Gasteiger partial charge in [0.25, 0.3) is 5.91 Å². The zero-order valence-electron chi connectivity index (χ0n) is 17.5. The summed E-state index contributed by atoms with van der Waals surface area (Å²) in [6.07, 6.45) is 6.96. The highest BCUT2D eigenvalue weighted by Crippen LogP contribution is 2.36. The summed E-state index contributed by atoms with van der Waals surface area (Å²) < 4.78 is 5.15. The molecule has 2 aromatic rings. The van der Waals surface area contributed by atoms with Gasteiger partial charge in [-0.3, -0.25) is 4.79 Å². The fourth-order valence-corrected chi connectivity index (χ4v) is 4.52. The van der Waals surface area contributed by atoms with Crippen LogP contribution in [0, 0.1) is 11.8 Å². The van der Waals surface area contributed by atoms with E-state index >= 15 is 0 Å². The van der Waals surface area contributed by atoms with Crippen LogP contribution in [0.3, 0.4) is 0 Å². The average molecular weight is 522 g/mol. The lowest BCUT2D eigenvalue weighted by Gasteiger charge is -2.22. The Labute approximate surface area is 195 Å². The van der Waals surface area contributed by atoms with Crippen LogP contribution in [0.4, 0.5) is 5.69 Å². The molecule has 1 aromatic carbocycles. The fraction of sp³-hybridized carbons (Fsp3) is 0.478. The quantitative estimate of drug-likeness (QED) is 0.338. The van der Waals surface area contributed by atoms with E-state index in [1.165, 1.54) is 31.9 Å². The molecular weight excluding hydrogens is 491 g/mol. The molecule has 1 aromatic heterocycles. The van der Waals surface area contributed by atoms with Gasteiger partial charge in [0.2, 0.25) is 0 Å². The molecule has 1 aliphatic heterocycles. The summed E-state index contributed by atoms with van der Waals surface area (Å²) in [5.41, 5.74) is 1.81. The number of anilines is 1. The van der Waals surface area contributed by atoms with Crippen molar-refractivity contribution in [3.63, 3.8) is 0 Å². The smallest absolute Gasteiger partial charge is 0.291 e. The first-order valence-corrected chi connectivity index (χ1v) is 10.7. The van der Waals surface area contributed by atoms with Crippen molar-refractivity contribution in [2.45, 2.75) is 39.2 Å². The fourth-order valence-electron chi connectivity index (χ4n) is 4.52. The second-order valence-corrected chi connectivity index (χ2v) is 8.01. The average Bonchev–Trinajstić information content (AvgIpc) is 3.41. The van der Waals surface area contributed by atoms with Gasteiger partial charge in [0.1, 0.15) is 0 Å². The third-order valence-corrected chi connectivity index (χ3v) is 5.95. The van der Waals surface area contributed by atoms with Gasteiger partial charge in [-0.05, 0) is 61.4 Å². The number of rotatable bonds is 5. The maximum absolute atomic E-state index is 12.2. The minimum atomic E-state index is -0.247. The lowest BCUT2D eigenvalue weighted by Crippen LogP contribution is -2.40. The standard InChI is InChI=1S/C23H30N4O2.HI/c1-2-24-23(27-15-18-8-3-4-9-19(18)16-27)25-14-17-7-5-10-20(13-17)26-22(28)21-11-6-12-29-21;/h5-7,10-13,18-19H,2-4,8-9,14-16H2,1H3,(H,24,25)(H,26,28);1H. The molecule has 2 fully saturated rings. The molecule has 6 nitrogen and oxygen atoms in total. The number of carbonyl (C=O) groups is 1. The van der Waals surface area contributed by atoms with Crippen LogP contribution in [-0.2, 0) is 6.54 Å². The first-order valence-electron chi connectivity index (χ1n) is 10.7. The zero-order valence-corrected chi connectivity index (χ0v) is 19.8. The first kappa shape index (κ1) is 22.7. The van der Waals surface area contributed by atoms with E-state index in [2.05, 4.69) is 22.5 Å². The molecule has 2 N–H and O–H groups in total. The molecule has 2 aliphatic rings. The molecule has 162 valence electrons. The Morgan fingerprint density at radius 1 is 1.17 bits per heavy atom. The highest BCUT2D eigenvalue weighted by atomic mass is 127. The lowest BCUT2D eigenvalue weighted by atomic mass is 9.82. The topological polar surface area (TPSA) is 69.9 Å². The zero-order chi connectivity index (χ0) is 20.1. The van der Waals surface area contributed by atoms with Gasteiger partial charge in [0.15, 0.2) is 11.7 Å². The summed E-state index contributed by atoms with van der Waals surface area (Å²) in [5, 5.41) is 6.34. The first-order chi connectivity index (χ1) is 14.2. The Bertz CT molecular complexity index is 839. The molecule has 1 aliphatic carbocycles. The molecule has 2 atom stereocenters. The number of halogens is 1. The van der Waals surface area contributed by atoms with E-state index in [-0.39, 0.29) is 29.9 Å². The molecule has 0 bridgehead atoms. The van der Waals surface area contributed by atoms with Crippen molar-refractivity contribution in [1.82, 2.24) is 10.2 Å². The summed E-state index contributed by atoms with van der Waals surface area (Å²) in [4.78, 5) is 19.5. The van der Waals surface area contributed by atoms with E-state index in [1.807, 2.05) is 24.3 Å². The van der Waals surface area contributed by atoms with Crippen LogP contribution in [0.25, 0.3) is 0 Å². The van der Waals surface area contributed by atoms with Gasteiger partial charge >= 0.3 is 0 Å². The van der Waals surface area contributed by atoms with Gasteiger partial charge in [0.05, 0.1) is 12.8 Å². The number of guanidine groups is 1. The number of hydrogen-bond acceptors (Lipinski definition) is 3. The number of likely N-dealkylation sites (tertiary alicyclic amines) is 1. The van der Waals surface area contributed by atoms with E-state index < -0.39 is 0 Å². The number of furan rings is 1. The highest BCUT2D eigenvalue weighted by Gasteiger charge is 2.35. The van der Waals surface area contributed by atoms with Crippen molar-refractivity contribution >= 4 is 41.5 Å². The van der Waals surface area contributed by atoms with E-state index in [0.717, 1.165) is 48.7 Å². The molecular formula is C23H31IN4O2. The van der Waals surface area contributed by atoms with Gasteiger partial charge < -0.3 is 20.0 Å². The SMILES string of the molecule is CCNC(=NCc1cccc(NC(=O)c2ccco2)c1)N1CC2CCCCC2C1.I. The number of nitrogens with one attached hydrogen (secondary N) is 2. The minimum absolute atomic E-state index is 0. The van der Waals surface area contributed by atoms with Crippen LogP contribution in [-0.4, -0.2) is 36.4 Å².